The third kappa shape index (κ3) is 4.37. The van der Waals surface area contributed by atoms with Crippen molar-refractivity contribution in [2.24, 2.45) is 5.73 Å². The first-order chi connectivity index (χ1) is 7.57. The second-order valence-corrected chi connectivity index (χ2v) is 6.36. The van der Waals surface area contributed by atoms with Gasteiger partial charge in [0.2, 0.25) is 0 Å². The van der Waals surface area contributed by atoms with Crippen LogP contribution in [0, 0.1) is 0 Å². The summed E-state index contributed by atoms with van der Waals surface area (Å²) in [7, 11) is -2.83. The first-order valence-electron chi connectivity index (χ1n) is 5.62. The zero-order valence-corrected chi connectivity index (χ0v) is 10.5. The van der Waals surface area contributed by atoms with E-state index in [1.165, 1.54) is 5.56 Å². The Bertz CT molecular complexity index is 409. The summed E-state index contributed by atoms with van der Waals surface area (Å²) in [5.41, 5.74) is 6.67. The molecule has 4 nitrogen and oxygen atoms in total. The largest absolute Gasteiger partial charge is 0.354 e. The number of hydrogen-bond acceptors (Lipinski definition) is 3. The fraction of sp³-hybridized carbons (Fsp3) is 0.636. The van der Waals surface area contributed by atoms with Crippen LogP contribution < -0.4 is 5.73 Å². The molecular formula is C11H20N2O2S. The van der Waals surface area contributed by atoms with Gasteiger partial charge in [0.25, 0.3) is 0 Å². The molecule has 0 radical (unpaired) electrons. The number of aromatic nitrogens is 1. The van der Waals surface area contributed by atoms with Crippen LogP contribution in [0.2, 0.25) is 0 Å². The van der Waals surface area contributed by atoms with Crippen molar-refractivity contribution in [2.75, 3.05) is 18.1 Å². The van der Waals surface area contributed by atoms with Crippen molar-refractivity contribution in [3.05, 3.63) is 24.0 Å². The Morgan fingerprint density at radius 3 is 2.81 bits per heavy atom. The van der Waals surface area contributed by atoms with Gasteiger partial charge in [0.1, 0.15) is 9.84 Å². The van der Waals surface area contributed by atoms with Crippen LogP contribution in [-0.2, 0) is 22.8 Å². The predicted octanol–water partition coefficient (Wildman–Crippen LogP) is 0.814. The molecule has 2 N–H and O–H groups in total. The van der Waals surface area contributed by atoms with Crippen molar-refractivity contribution in [3.8, 4) is 0 Å². The molecule has 0 atom stereocenters. The smallest absolute Gasteiger partial charge is 0.150 e. The second kappa shape index (κ2) is 6.06. The summed E-state index contributed by atoms with van der Waals surface area (Å²) in [4.78, 5) is 0. The third-order valence-electron chi connectivity index (χ3n) is 2.56. The summed E-state index contributed by atoms with van der Waals surface area (Å²) < 4.78 is 24.6. The van der Waals surface area contributed by atoms with Crippen LogP contribution in [0.25, 0.3) is 0 Å². The summed E-state index contributed by atoms with van der Waals surface area (Å²) in [6.07, 6.45) is 5.56. The van der Waals surface area contributed by atoms with E-state index in [2.05, 4.69) is 0 Å². The number of rotatable bonds is 7. The summed E-state index contributed by atoms with van der Waals surface area (Å²) in [5, 5.41) is 0. The fourth-order valence-electron chi connectivity index (χ4n) is 1.56. The van der Waals surface area contributed by atoms with E-state index in [9.17, 15) is 8.42 Å². The van der Waals surface area contributed by atoms with Crippen molar-refractivity contribution in [1.82, 2.24) is 4.57 Å². The van der Waals surface area contributed by atoms with E-state index in [0.29, 0.717) is 13.0 Å². The van der Waals surface area contributed by atoms with E-state index >= 15 is 0 Å². The monoisotopic (exact) mass is 244 g/mol. The Kier molecular flexibility index (Phi) is 5.02. The van der Waals surface area contributed by atoms with Crippen molar-refractivity contribution >= 4 is 9.84 Å². The van der Waals surface area contributed by atoms with Crippen LogP contribution in [0.15, 0.2) is 18.5 Å². The normalized spacial score (nSPS) is 11.9. The molecular weight excluding hydrogens is 224 g/mol. The average molecular weight is 244 g/mol. The first kappa shape index (κ1) is 13.3. The third-order valence-corrected chi connectivity index (χ3v) is 4.35. The fourth-order valence-corrected chi connectivity index (χ4v) is 2.41. The van der Waals surface area contributed by atoms with Crippen LogP contribution in [-0.4, -0.2) is 31.0 Å². The van der Waals surface area contributed by atoms with Crippen LogP contribution >= 0.6 is 0 Å². The molecule has 0 aliphatic carbocycles. The number of nitrogens with zero attached hydrogens (tertiary/aromatic N) is 1. The lowest BCUT2D eigenvalue weighted by Gasteiger charge is -2.03. The van der Waals surface area contributed by atoms with Gasteiger partial charge in [-0.1, -0.05) is 6.92 Å². The van der Waals surface area contributed by atoms with Gasteiger partial charge in [-0.05, 0) is 31.0 Å². The molecule has 0 aliphatic heterocycles. The molecule has 0 bridgehead atoms. The molecule has 0 saturated heterocycles. The average Bonchev–Trinajstić information content (AvgIpc) is 2.66. The maximum atomic E-state index is 11.3. The van der Waals surface area contributed by atoms with Gasteiger partial charge in [-0.15, -0.1) is 0 Å². The van der Waals surface area contributed by atoms with Gasteiger partial charge >= 0.3 is 0 Å². The van der Waals surface area contributed by atoms with E-state index in [0.717, 1.165) is 13.0 Å². The zero-order chi connectivity index (χ0) is 12.0. The van der Waals surface area contributed by atoms with Crippen LogP contribution in [0.5, 0.6) is 0 Å². The second-order valence-electron chi connectivity index (χ2n) is 3.89. The first-order valence-corrected chi connectivity index (χ1v) is 7.44. The lowest BCUT2D eigenvalue weighted by atomic mass is 10.2. The maximum absolute atomic E-state index is 11.3. The lowest BCUT2D eigenvalue weighted by molar-refractivity contribution is 0.587. The van der Waals surface area contributed by atoms with Gasteiger partial charge < -0.3 is 10.3 Å². The molecule has 1 rings (SSSR count). The molecule has 0 aliphatic rings. The lowest BCUT2D eigenvalue weighted by Crippen LogP contribution is -2.10. The molecule has 1 heterocycles. The highest BCUT2D eigenvalue weighted by molar-refractivity contribution is 7.91. The minimum atomic E-state index is -2.83. The van der Waals surface area contributed by atoms with Crippen LogP contribution in [0.1, 0.15) is 18.9 Å². The van der Waals surface area contributed by atoms with E-state index in [1.807, 2.05) is 23.0 Å². The van der Waals surface area contributed by atoms with Gasteiger partial charge in [-0.3, -0.25) is 0 Å². The summed E-state index contributed by atoms with van der Waals surface area (Å²) in [6, 6.07) is 2.03. The Morgan fingerprint density at radius 1 is 1.44 bits per heavy atom. The predicted molar refractivity (Wildman–Crippen MR) is 66.1 cm³/mol. The highest BCUT2D eigenvalue weighted by Crippen LogP contribution is 2.03. The standard InChI is InChI=1S/C11H20N2O2S/c1-2-16(14,15)9-3-7-13-8-5-11(10-13)4-6-12/h5,8,10H,2-4,6-7,9,12H2,1H3. The summed E-state index contributed by atoms with van der Waals surface area (Å²) in [6.45, 7) is 3.09. The molecule has 0 aromatic carbocycles. The van der Waals surface area contributed by atoms with E-state index < -0.39 is 9.84 Å². The molecule has 0 amide bonds. The van der Waals surface area contributed by atoms with Gasteiger partial charge in [0.15, 0.2) is 0 Å². The Morgan fingerprint density at radius 2 is 2.19 bits per heavy atom. The minimum Gasteiger partial charge on any atom is -0.354 e. The molecule has 0 saturated carbocycles. The van der Waals surface area contributed by atoms with Crippen molar-refractivity contribution in [1.29, 1.82) is 0 Å². The molecule has 16 heavy (non-hydrogen) atoms. The SMILES string of the molecule is CCS(=O)(=O)CCCn1ccc(CCN)c1. The van der Waals surface area contributed by atoms with E-state index in [4.69, 9.17) is 5.73 Å². The van der Waals surface area contributed by atoms with E-state index in [-0.39, 0.29) is 11.5 Å². The number of aryl methyl sites for hydroxylation is 1. The van der Waals surface area contributed by atoms with Gasteiger partial charge in [-0.25, -0.2) is 8.42 Å². The number of hydrogen-bond donors (Lipinski definition) is 1. The molecule has 0 fully saturated rings. The minimum absolute atomic E-state index is 0.233. The molecule has 1 aromatic heterocycles. The van der Waals surface area contributed by atoms with Gasteiger partial charge in [0, 0.05) is 24.7 Å². The Labute approximate surface area is 97.4 Å². The quantitative estimate of drug-likeness (QED) is 0.772. The van der Waals surface area contributed by atoms with E-state index in [1.54, 1.807) is 6.92 Å². The van der Waals surface area contributed by atoms with Gasteiger partial charge in [0.05, 0.1) is 5.75 Å². The molecule has 1 aromatic rings. The zero-order valence-electron chi connectivity index (χ0n) is 9.72. The van der Waals surface area contributed by atoms with Crippen molar-refractivity contribution in [2.45, 2.75) is 26.3 Å². The van der Waals surface area contributed by atoms with Crippen molar-refractivity contribution < 1.29 is 8.42 Å². The Hall–Kier alpha value is -0.810. The van der Waals surface area contributed by atoms with Crippen LogP contribution in [0.4, 0.5) is 0 Å². The highest BCUT2D eigenvalue weighted by Gasteiger charge is 2.06. The number of nitrogens with two attached hydrogens (primary N) is 1. The summed E-state index contributed by atoms with van der Waals surface area (Å²) in [5.74, 6) is 0.505. The van der Waals surface area contributed by atoms with Crippen molar-refractivity contribution in [3.63, 3.8) is 0 Å². The van der Waals surface area contributed by atoms with Gasteiger partial charge in [-0.2, -0.15) is 0 Å². The molecule has 92 valence electrons. The molecule has 0 spiro atoms. The molecule has 5 heteroatoms. The highest BCUT2D eigenvalue weighted by atomic mass is 32.2. The summed E-state index contributed by atoms with van der Waals surface area (Å²) >= 11 is 0. The Balaban J connectivity index is 2.37. The topological polar surface area (TPSA) is 65.1 Å². The van der Waals surface area contributed by atoms with Crippen LogP contribution in [0.3, 0.4) is 0 Å². The number of sulfone groups is 1. The maximum Gasteiger partial charge on any atom is 0.150 e. The molecule has 0 unspecified atom stereocenters.